The van der Waals surface area contributed by atoms with Crippen LogP contribution in [0.4, 0.5) is 10.5 Å². The maximum absolute atomic E-state index is 12.8. The molecular formula is C31H47N5O5Si. The van der Waals surface area contributed by atoms with Gasteiger partial charge in [-0.05, 0) is 64.8 Å². The number of nitrogens with two attached hydrogens (primary N) is 1. The normalized spacial score (nSPS) is 12.4. The molecule has 42 heavy (non-hydrogen) atoms. The summed E-state index contributed by atoms with van der Waals surface area (Å²) in [5.41, 5.74) is 7.49. The van der Waals surface area contributed by atoms with Gasteiger partial charge in [-0.2, -0.15) is 0 Å². The van der Waals surface area contributed by atoms with Crippen LogP contribution in [-0.2, 0) is 21.0 Å². The molecule has 2 aromatic rings. The Balaban J connectivity index is 2.55. The van der Waals surface area contributed by atoms with Gasteiger partial charge >= 0.3 is 6.09 Å². The molecule has 1 heterocycles. The lowest BCUT2D eigenvalue weighted by Gasteiger charge is -2.23. The molecule has 11 heteroatoms. The second kappa shape index (κ2) is 15.0. The van der Waals surface area contributed by atoms with Crippen molar-refractivity contribution < 1.29 is 23.9 Å². The summed E-state index contributed by atoms with van der Waals surface area (Å²) in [6.45, 7) is 22.6. The highest BCUT2D eigenvalue weighted by Crippen LogP contribution is 2.31. The summed E-state index contributed by atoms with van der Waals surface area (Å²) in [7, 11) is -1.31. The van der Waals surface area contributed by atoms with Crippen LogP contribution in [0.25, 0.3) is 11.3 Å². The molecule has 0 unspecified atom stereocenters. The van der Waals surface area contributed by atoms with Gasteiger partial charge in [0.25, 0.3) is 0 Å². The summed E-state index contributed by atoms with van der Waals surface area (Å²) in [6.07, 6.45) is 4.07. The number of nitrogens with one attached hydrogen (secondary N) is 2. The predicted molar refractivity (Wildman–Crippen MR) is 170 cm³/mol. The molecule has 4 N–H and O–H groups in total. The fraction of sp³-hybridized carbons (Fsp3) is 0.484. The number of benzene rings is 1. The Bertz CT molecular complexity index is 1290. The second-order valence-corrected chi connectivity index (χ2v) is 18.3. The Kier molecular flexibility index (Phi) is 12.3. The first-order chi connectivity index (χ1) is 19.5. The number of carbonyl (C=O) groups excluding carboxylic acids is 3. The molecule has 0 spiro atoms. The fourth-order valence-corrected chi connectivity index (χ4v) is 4.65. The van der Waals surface area contributed by atoms with Gasteiger partial charge in [-0.15, -0.1) is 13.2 Å². The number of carbonyl (C=O) groups is 3. The first-order valence-electron chi connectivity index (χ1n) is 14.1. The van der Waals surface area contributed by atoms with Crippen LogP contribution in [0, 0.1) is 0 Å². The molecule has 1 aromatic carbocycles. The zero-order valence-electron chi connectivity index (χ0n) is 26.1. The van der Waals surface area contributed by atoms with Gasteiger partial charge in [-0.3, -0.25) is 9.59 Å². The summed E-state index contributed by atoms with van der Waals surface area (Å²) in [5.74, 6) is -0.317. The number of aromatic nitrogens is 2. The van der Waals surface area contributed by atoms with Crippen LogP contribution in [0.5, 0.6) is 0 Å². The summed E-state index contributed by atoms with van der Waals surface area (Å²) in [6, 6.07) is 5.25. The number of allylic oxidation sites excluding steroid dienone is 1. The maximum atomic E-state index is 12.8. The van der Waals surface area contributed by atoms with E-state index >= 15 is 0 Å². The van der Waals surface area contributed by atoms with Crippen LogP contribution < -0.4 is 16.4 Å². The Morgan fingerprint density at radius 2 is 1.88 bits per heavy atom. The number of amides is 3. The van der Waals surface area contributed by atoms with Crippen molar-refractivity contribution in [2.75, 3.05) is 11.9 Å². The summed E-state index contributed by atoms with van der Waals surface area (Å²) < 4.78 is 13.4. The van der Waals surface area contributed by atoms with Gasteiger partial charge in [0, 0.05) is 38.4 Å². The molecule has 0 bridgehead atoms. The lowest BCUT2D eigenvalue weighted by atomic mass is 10.1. The highest BCUT2D eigenvalue weighted by molar-refractivity contribution is 6.76. The van der Waals surface area contributed by atoms with Crippen molar-refractivity contribution in [2.45, 2.75) is 91.0 Å². The zero-order valence-corrected chi connectivity index (χ0v) is 27.1. The smallest absolute Gasteiger partial charge is 0.408 e. The van der Waals surface area contributed by atoms with Crippen molar-refractivity contribution in [1.82, 2.24) is 14.9 Å². The number of hydrogen-bond acceptors (Lipinski definition) is 6. The van der Waals surface area contributed by atoms with Gasteiger partial charge in [-0.25, -0.2) is 9.78 Å². The van der Waals surface area contributed by atoms with E-state index in [0.29, 0.717) is 42.2 Å². The van der Waals surface area contributed by atoms with E-state index in [0.717, 1.165) is 11.6 Å². The number of alkyl carbamates (subject to hydrolysis) is 1. The van der Waals surface area contributed by atoms with Gasteiger partial charge in [0.2, 0.25) is 11.8 Å². The maximum Gasteiger partial charge on any atom is 0.408 e. The minimum absolute atomic E-state index is 0.204. The monoisotopic (exact) mass is 597 g/mol. The second-order valence-electron chi connectivity index (χ2n) is 12.7. The molecule has 1 atom stereocenters. The minimum Gasteiger partial charge on any atom is -0.444 e. The number of imidazole rings is 1. The average Bonchev–Trinajstić information content (AvgIpc) is 3.27. The summed E-state index contributed by atoms with van der Waals surface area (Å²) in [5, 5.41) is 5.81. The van der Waals surface area contributed by atoms with Crippen LogP contribution in [0.3, 0.4) is 0 Å². The third-order valence-electron chi connectivity index (χ3n) is 6.07. The van der Waals surface area contributed by atoms with Crippen LogP contribution >= 0.6 is 0 Å². The van der Waals surface area contributed by atoms with Gasteiger partial charge in [0.1, 0.15) is 18.2 Å². The van der Waals surface area contributed by atoms with Crippen molar-refractivity contribution >= 4 is 31.7 Å². The third-order valence-corrected chi connectivity index (χ3v) is 7.78. The topological polar surface area (TPSA) is 138 Å². The molecule has 0 aliphatic carbocycles. The molecule has 0 radical (unpaired) electrons. The fourth-order valence-electron chi connectivity index (χ4n) is 3.89. The zero-order chi connectivity index (χ0) is 31.7. The van der Waals surface area contributed by atoms with Gasteiger partial charge in [-0.1, -0.05) is 31.3 Å². The van der Waals surface area contributed by atoms with Crippen molar-refractivity contribution in [3.8, 4) is 11.3 Å². The largest absolute Gasteiger partial charge is 0.444 e. The van der Waals surface area contributed by atoms with E-state index in [1.54, 1.807) is 51.2 Å². The van der Waals surface area contributed by atoms with E-state index < -0.39 is 31.7 Å². The minimum atomic E-state index is -1.31. The molecule has 0 fully saturated rings. The molecule has 10 nitrogen and oxygen atoms in total. The number of nitrogens with zero attached hydrogens (tertiary/aromatic N) is 2. The molecule has 0 saturated heterocycles. The SMILES string of the molecule is C=CC[C@H](NC(=O)OC(C)(C)C)c1nc(-c2ccc(C(N)=O)cc2NC(=O)CCC(=C)C)cn1COCC[Si](C)(C)C. The van der Waals surface area contributed by atoms with Crippen LogP contribution in [0.1, 0.15) is 69.2 Å². The van der Waals surface area contributed by atoms with Crippen LogP contribution in [-0.4, -0.2) is 47.7 Å². The van der Waals surface area contributed by atoms with Crippen molar-refractivity contribution in [2.24, 2.45) is 5.73 Å². The number of hydrogen-bond donors (Lipinski definition) is 3. The van der Waals surface area contributed by atoms with E-state index in [2.05, 4.69) is 43.4 Å². The Hall–Kier alpha value is -3.70. The molecule has 0 saturated carbocycles. The summed E-state index contributed by atoms with van der Waals surface area (Å²) >= 11 is 0. The lowest BCUT2D eigenvalue weighted by Crippen LogP contribution is -2.36. The summed E-state index contributed by atoms with van der Waals surface area (Å²) in [4.78, 5) is 42.3. The lowest BCUT2D eigenvalue weighted by molar-refractivity contribution is -0.116. The van der Waals surface area contributed by atoms with Crippen LogP contribution in [0.2, 0.25) is 25.7 Å². The number of rotatable bonds is 15. The average molecular weight is 598 g/mol. The standard InChI is InChI=1S/C31H47N5O5Si/c1-10-11-24(35-30(39)41-31(4,5)6)29-34-26(19-36(29)20-40-16-17-42(7,8)9)23-14-13-22(28(32)38)18-25(23)33-27(37)15-12-21(2)3/h10,13-14,18-19,24H,1-2,11-12,15-17,20H2,3-9H3,(H2,32,38)(H,33,37)(H,35,39)/t24-/m0/s1. The van der Waals surface area contributed by atoms with Crippen molar-refractivity contribution in [3.63, 3.8) is 0 Å². The highest BCUT2D eigenvalue weighted by Gasteiger charge is 2.25. The van der Waals surface area contributed by atoms with E-state index in [1.165, 1.54) is 0 Å². The Labute approximate surface area is 250 Å². The molecule has 2 rings (SSSR count). The number of primary amides is 1. The van der Waals surface area contributed by atoms with Gasteiger partial charge < -0.3 is 30.4 Å². The van der Waals surface area contributed by atoms with E-state index in [1.807, 2.05) is 11.5 Å². The quantitative estimate of drug-likeness (QED) is 0.123. The van der Waals surface area contributed by atoms with E-state index in [9.17, 15) is 14.4 Å². The first kappa shape index (κ1) is 34.5. The Morgan fingerprint density at radius 1 is 1.19 bits per heavy atom. The van der Waals surface area contributed by atoms with E-state index in [4.69, 9.17) is 20.2 Å². The van der Waals surface area contributed by atoms with E-state index in [-0.39, 0.29) is 24.6 Å². The predicted octanol–water partition coefficient (Wildman–Crippen LogP) is 6.40. The first-order valence-corrected chi connectivity index (χ1v) is 17.8. The molecule has 1 aromatic heterocycles. The third kappa shape index (κ3) is 11.7. The molecular weight excluding hydrogens is 550 g/mol. The number of anilines is 1. The molecule has 0 aliphatic rings. The highest BCUT2D eigenvalue weighted by atomic mass is 28.3. The molecule has 3 amide bonds. The van der Waals surface area contributed by atoms with Crippen molar-refractivity contribution in [1.29, 1.82) is 0 Å². The number of ether oxygens (including phenoxy) is 2. The van der Waals surface area contributed by atoms with Gasteiger partial charge in [0.05, 0.1) is 17.4 Å². The molecule has 230 valence electrons. The Morgan fingerprint density at radius 3 is 2.45 bits per heavy atom. The van der Waals surface area contributed by atoms with Gasteiger partial charge in [0.15, 0.2) is 0 Å². The molecule has 0 aliphatic heterocycles. The van der Waals surface area contributed by atoms with Crippen molar-refractivity contribution in [3.05, 3.63) is 60.6 Å². The van der Waals surface area contributed by atoms with Crippen LogP contribution in [0.15, 0.2) is 49.2 Å².